The van der Waals surface area contributed by atoms with Crippen molar-refractivity contribution in [1.29, 1.82) is 0 Å². The van der Waals surface area contributed by atoms with Crippen LogP contribution in [-0.4, -0.2) is 11.2 Å². The highest BCUT2D eigenvalue weighted by Gasteiger charge is 2.11. The zero-order valence-electron chi connectivity index (χ0n) is 7.17. The summed E-state index contributed by atoms with van der Waals surface area (Å²) in [6.45, 7) is 9.79. The van der Waals surface area contributed by atoms with Gasteiger partial charge in [-0.2, -0.15) is 0 Å². The van der Waals surface area contributed by atoms with Gasteiger partial charge in [0.15, 0.2) is 0 Å². The summed E-state index contributed by atoms with van der Waals surface area (Å²) in [4.78, 5) is 0. The van der Waals surface area contributed by atoms with Crippen LogP contribution in [0.2, 0.25) is 0 Å². The Morgan fingerprint density at radius 3 is 2.00 bits per heavy atom. The van der Waals surface area contributed by atoms with Crippen molar-refractivity contribution in [3.05, 3.63) is 12.7 Å². The second-order valence-corrected chi connectivity index (χ2v) is 3.27. The first-order chi connectivity index (χ1) is 4.57. The van der Waals surface area contributed by atoms with Gasteiger partial charge in [0, 0.05) is 5.92 Å². The van der Waals surface area contributed by atoms with Gasteiger partial charge in [0.25, 0.3) is 0 Å². The van der Waals surface area contributed by atoms with Crippen molar-refractivity contribution in [3.8, 4) is 0 Å². The van der Waals surface area contributed by atoms with Gasteiger partial charge in [-0.05, 0) is 19.3 Å². The van der Waals surface area contributed by atoms with Gasteiger partial charge in [-0.1, -0.05) is 19.9 Å². The lowest BCUT2D eigenvalue weighted by Gasteiger charge is -2.17. The molecule has 0 aromatic heterocycles. The van der Waals surface area contributed by atoms with Gasteiger partial charge in [-0.15, -0.1) is 6.58 Å². The number of aliphatic hydroxyl groups is 1. The maximum Gasteiger partial charge on any atom is 0.0574 e. The Kier molecular flexibility index (Phi) is 4.37. The molecule has 0 aliphatic carbocycles. The molecule has 0 amide bonds. The second-order valence-electron chi connectivity index (χ2n) is 3.27. The molecule has 0 aliphatic heterocycles. The largest absolute Gasteiger partial charge is 0.393 e. The number of hydrogen-bond donors (Lipinski definition) is 1. The Morgan fingerprint density at radius 1 is 1.40 bits per heavy atom. The third kappa shape index (κ3) is 3.67. The van der Waals surface area contributed by atoms with E-state index in [4.69, 9.17) is 0 Å². The molecule has 2 unspecified atom stereocenters. The lowest BCUT2D eigenvalue weighted by molar-refractivity contribution is 0.137. The van der Waals surface area contributed by atoms with Crippen molar-refractivity contribution in [2.24, 2.45) is 11.8 Å². The van der Waals surface area contributed by atoms with Gasteiger partial charge >= 0.3 is 0 Å². The van der Waals surface area contributed by atoms with Crippen molar-refractivity contribution in [2.45, 2.75) is 33.3 Å². The predicted molar refractivity (Wildman–Crippen MR) is 44.8 cm³/mol. The molecule has 0 radical (unpaired) electrons. The average molecular weight is 142 g/mol. The summed E-state index contributed by atoms with van der Waals surface area (Å²) in [5.74, 6) is 0.901. The first kappa shape index (κ1) is 9.70. The Balaban J connectivity index is 3.71. The van der Waals surface area contributed by atoms with Crippen molar-refractivity contribution >= 4 is 0 Å². The molecule has 2 atom stereocenters. The lowest BCUT2D eigenvalue weighted by atomic mass is 9.93. The van der Waals surface area contributed by atoms with Crippen LogP contribution in [0.4, 0.5) is 0 Å². The summed E-state index contributed by atoms with van der Waals surface area (Å²) >= 11 is 0. The van der Waals surface area contributed by atoms with Crippen molar-refractivity contribution < 1.29 is 5.11 Å². The van der Waals surface area contributed by atoms with Crippen molar-refractivity contribution in [2.75, 3.05) is 0 Å². The molecule has 0 bridgehead atoms. The van der Waals surface area contributed by atoms with Crippen LogP contribution >= 0.6 is 0 Å². The van der Waals surface area contributed by atoms with Gasteiger partial charge in [-0.3, -0.25) is 0 Å². The van der Waals surface area contributed by atoms with E-state index in [9.17, 15) is 5.11 Å². The SMILES string of the molecule is C=CC(CC(C)C)C(C)O. The molecule has 0 saturated heterocycles. The molecule has 0 aromatic rings. The van der Waals surface area contributed by atoms with E-state index in [0.29, 0.717) is 5.92 Å². The molecular formula is C9H18O. The van der Waals surface area contributed by atoms with E-state index in [1.54, 1.807) is 0 Å². The summed E-state index contributed by atoms with van der Waals surface area (Å²) in [5.41, 5.74) is 0. The second kappa shape index (κ2) is 4.51. The summed E-state index contributed by atoms with van der Waals surface area (Å²) < 4.78 is 0. The third-order valence-electron chi connectivity index (χ3n) is 1.67. The fourth-order valence-corrected chi connectivity index (χ4v) is 1.03. The highest BCUT2D eigenvalue weighted by molar-refractivity contribution is 4.83. The van der Waals surface area contributed by atoms with Gasteiger partial charge in [-0.25, -0.2) is 0 Å². The van der Waals surface area contributed by atoms with E-state index >= 15 is 0 Å². The van der Waals surface area contributed by atoms with Crippen molar-refractivity contribution in [1.82, 2.24) is 0 Å². The maximum atomic E-state index is 9.19. The number of rotatable bonds is 4. The van der Waals surface area contributed by atoms with Crippen LogP contribution in [0, 0.1) is 11.8 Å². The molecule has 0 aromatic carbocycles. The Morgan fingerprint density at radius 2 is 1.90 bits per heavy atom. The van der Waals surface area contributed by atoms with E-state index in [1.165, 1.54) is 0 Å². The Labute approximate surface area is 63.8 Å². The van der Waals surface area contributed by atoms with Crippen LogP contribution < -0.4 is 0 Å². The monoisotopic (exact) mass is 142 g/mol. The molecular weight excluding hydrogens is 124 g/mol. The minimum absolute atomic E-state index is 0.250. The minimum atomic E-state index is -0.250. The average Bonchev–Trinajstić information content (AvgIpc) is 1.81. The molecule has 1 nitrogen and oxygen atoms in total. The van der Waals surface area contributed by atoms with Crippen LogP contribution in [0.5, 0.6) is 0 Å². The molecule has 0 fully saturated rings. The Bertz CT molecular complexity index is 94.9. The summed E-state index contributed by atoms with van der Waals surface area (Å²) in [7, 11) is 0. The zero-order chi connectivity index (χ0) is 8.15. The number of hydrogen-bond acceptors (Lipinski definition) is 1. The lowest BCUT2D eigenvalue weighted by Crippen LogP contribution is -2.15. The van der Waals surface area contributed by atoms with Gasteiger partial charge in [0.2, 0.25) is 0 Å². The summed E-state index contributed by atoms with van der Waals surface area (Å²) in [6.07, 6.45) is 2.62. The molecule has 0 aliphatic rings. The van der Waals surface area contributed by atoms with E-state index < -0.39 is 0 Å². The van der Waals surface area contributed by atoms with Crippen LogP contribution in [0.3, 0.4) is 0 Å². The molecule has 0 heterocycles. The zero-order valence-corrected chi connectivity index (χ0v) is 7.17. The highest BCUT2D eigenvalue weighted by atomic mass is 16.3. The fourth-order valence-electron chi connectivity index (χ4n) is 1.03. The van der Waals surface area contributed by atoms with Crippen molar-refractivity contribution in [3.63, 3.8) is 0 Å². The summed E-state index contributed by atoms with van der Waals surface area (Å²) in [6, 6.07) is 0. The van der Waals surface area contributed by atoms with E-state index in [2.05, 4.69) is 20.4 Å². The molecule has 1 heteroatoms. The highest BCUT2D eigenvalue weighted by Crippen LogP contribution is 2.15. The normalized spacial score (nSPS) is 16.9. The fraction of sp³-hybridized carbons (Fsp3) is 0.778. The van der Waals surface area contributed by atoms with Crippen LogP contribution in [0.25, 0.3) is 0 Å². The van der Waals surface area contributed by atoms with Crippen LogP contribution in [0.15, 0.2) is 12.7 Å². The molecule has 60 valence electrons. The first-order valence-electron chi connectivity index (χ1n) is 3.88. The Hall–Kier alpha value is -0.300. The molecule has 0 saturated carbocycles. The maximum absolute atomic E-state index is 9.19. The topological polar surface area (TPSA) is 20.2 Å². The quantitative estimate of drug-likeness (QED) is 0.597. The molecule has 0 rings (SSSR count). The predicted octanol–water partition coefficient (Wildman–Crippen LogP) is 2.22. The molecule has 0 spiro atoms. The van der Waals surface area contributed by atoms with E-state index in [1.807, 2.05) is 13.0 Å². The van der Waals surface area contributed by atoms with Gasteiger partial charge < -0.3 is 5.11 Å². The first-order valence-corrected chi connectivity index (χ1v) is 3.88. The van der Waals surface area contributed by atoms with E-state index in [-0.39, 0.29) is 12.0 Å². The standard InChI is InChI=1S/C9H18O/c1-5-9(8(4)10)6-7(2)3/h5,7-10H,1,6H2,2-4H3. The third-order valence-corrected chi connectivity index (χ3v) is 1.67. The van der Waals surface area contributed by atoms with E-state index in [0.717, 1.165) is 6.42 Å². The van der Waals surface area contributed by atoms with Gasteiger partial charge in [0.1, 0.15) is 0 Å². The smallest absolute Gasteiger partial charge is 0.0574 e. The number of aliphatic hydroxyl groups excluding tert-OH is 1. The minimum Gasteiger partial charge on any atom is -0.393 e. The van der Waals surface area contributed by atoms with Gasteiger partial charge in [0.05, 0.1) is 6.10 Å². The molecule has 10 heavy (non-hydrogen) atoms. The van der Waals surface area contributed by atoms with Crippen LogP contribution in [-0.2, 0) is 0 Å². The summed E-state index contributed by atoms with van der Waals surface area (Å²) in [5, 5.41) is 9.19. The molecule has 1 N–H and O–H groups in total. The van der Waals surface area contributed by atoms with Crippen LogP contribution in [0.1, 0.15) is 27.2 Å².